The van der Waals surface area contributed by atoms with Crippen molar-refractivity contribution in [2.24, 2.45) is 11.5 Å². The van der Waals surface area contributed by atoms with Gasteiger partial charge in [0.1, 0.15) is 0 Å². The minimum absolute atomic E-state index is 0.0370. The predicted octanol–water partition coefficient (Wildman–Crippen LogP) is 1.04. The maximum Gasteiger partial charge on any atom is 0.312 e. The lowest BCUT2D eigenvalue weighted by molar-refractivity contribution is -0.137. The van der Waals surface area contributed by atoms with E-state index in [-0.39, 0.29) is 24.9 Å². The van der Waals surface area contributed by atoms with Gasteiger partial charge in [0.05, 0.1) is 19.0 Å². The summed E-state index contributed by atoms with van der Waals surface area (Å²) >= 11 is 0. The molecule has 1 aliphatic carbocycles. The van der Waals surface area contributed by atoms with Crippen LogP contribution in [0.5, 0.6) is 0 Å². The minimum atomic E-state index is -0.695. The summed E-state index contributed by atoms with van der Waals surface area (Å²) in [6.45, 7) is -0.0957. The van der Waals surface area contributed by atoms with Crippen molar-refractivity contribution < 1.29 is 14.4 Å². The van der Waals surface area contributed by atoms with Crippen molar-refractivity contribution in [2.45, 2.75) is 44.2 Å². The molecule has 1 saturated carbocycles. The molecule has 0 saturated heterocycles. The summed E-state index contributed by atoms with van der Waals surface area (Å²) in [6, 6.07) is 7.96. The third-order valence-corrected chi connectivity index (χ3v) is 4.31. The lowest BCUT2D eigenvalue weighted by Crippen LogP contribution is -2.46. The Kier molecular flexibility index (Phi) is 6.17. The van der Waals surface area contributed by atoms with Gasteiger partial charge in [-0.05, 0) is 18.4 Å². The van der Waals surface area contributed by atoms with Gasteiger partial charge in [0.15, 0.2) is 0 Å². The summed E-state index contributed by atoms with van der Waals surface area (Å²) in [6.07, 6.45) is 3.86. The molecule has 1 aromatic rings. The highest BCUT2D eigenvalue weighted by Gasteiger charge is 2.29. The summed E-state index contributed by atoms with van der Waals surface area (Å²) in [5.41, 5.74) is 11.3. The largest absolute Gasteiger partial charge is 0.368 e. The van der Waals surface area contributed by atoms with Crippen molar-refractivity contribution in [1.29, 1.82) is 0 Å². The second-order valence-electron chi connectivity index (χ2n) is 6.10. The number of urea groups is 1. The van der Waals surface area contributed by atoms with Gasteiger partial charge in [-0.3, -0.25) is 9.59 Å². The fourth-order valence-electron chi connectivity index (χ4n) is 3.21. The van der Waals surface area contributed by atoms with E-state index in [4.69, 9.17) is 11.5 Å². The molecule has 1 atom stereocenters. The molecule has 4 amide bonds. The number of hydrogen-bond donors (Lipinski definition) is 3. The van der Waals surface area contributed by atoms with E-state index in [2.05, 4.69) is 5.32 Å². The van der Waals surface area contributed by atoms with Crippen LogP contribution in [0.1, 0.15) is 43.7 Å². The van der Waals surface area contributed by atoms with E-state index >= 15 is 0 Å². The van der Waals surface area contributed by atoms with Gasteiger partial charge >= 0.3 is 6.03 Å². The molecule has 0 aliphatic heterocycles. The molecular formula is C17H24N4O3. The number of rotatable bonds is 7. The first-order valence-electron chi connectivity index (χ1n) is 8.16. The summed E-state index contributed by atoms with van der Waals surface area (Å²) in [7, 11) is 0. The van der Waals surface area contributed by atoms with Crippen LogP contribution in [-0.2, 0) is 9.59 Å². The van der Waals surface area contributed by atoms with E-state index in [0.717, 1.165) is 31.2 Å². The number of nitrogens with zero attached hydrogens (tertiary/aromatic N) is 1. The molecule has 1 aromatic carbocycles. The number of nitrogens with one attached hydrogen (secondary N) is 1. The first kappa shape index (κ1) is 17.8. The average molecular weight is 332 g/mol. The molecule has 0 spiro atoms. The van der Waals surface area contributed by atoms with Crippen LogP contribution in [-0.4, -0.2) is 35.3 Å². The maximum absolute atomic E-state index is 12.8. The van der Waals surface area contributed by atoms with Gasteiger partial charge < -0.3 is 21.7 Å². The molecule has 0 radical (unpaired) electrons. The number of primary amides is 2. The van der Waals surface area contributed by atoms with Crippen molar-refractivity contribution in [2.75, 3.05) is 6.54 Å². The van der Waals surface area contributed by atoms with Gasteiger partial charge in [0.25, 0.3) is 0 Å². The van der Waals surface area contributed by atoms with Crippen LogP contribution >= 0.6 is 0 Å². The van der Waals surface area contributed by atoms with E-state index < -0.39 is 18.0 Å². The average Bonchev–Trinajstić information content (AvgIpc) is 3.06. The van der Waals surface area contributed by atoms with E-state index in [1.807, 2.05) is 30.3 Å². The topological polar surface area (TPSA) is 119 Å². The molecule has 0 bridgehead atoms. The van der Waals surface area contributed by atoms with E-state index in [1.165, 1.54) is 0 Å². The number of carbonyl (C=O) groups excluding carboxylic acids is 3. The molecule has 1 aliphatic rings. The van der Waals surface area contributed by atoms with Gasteiger partial charge in [-0.1, -0.05) is 43.2 Å². The van der Waals surface area contributed by atoms with E-state index in [9.17, 15) is 14.4 Å². The normalized spacial score (nSPS) is 15.7. The molecule has 5 N–H and O–H groups in total. The van der Waals surface area contributed by atoms with Crippen molar-refractivity contribution in [3.63, 3.8) is 0 Å². The van der Waals surface area contributed by atoms with Crippen molar-refractivity contribution in [1.82, 2.24) is 10.2 Å². The zero-order valence-electron chi connectivity index (χ0n) is 13.6. The number of benzene rings is 1. The Morgan fingerprint density at radius 1 is 1.12 bits per heavy atom. The zero-order chi connectivity index (χ0) is 17.5. The fourth-order valence-corrected chi connectivity index (χ4v) is 3.21. The van der Waals surface area contributed by atoms with Crippen molar-refractivity contribution in [3.8, 4) is 0 Å². The van der Waals surface area contributed by atoms with Crippen LogP contribution in [0.2, 0.25) is 0 Å². The lowest BCUT2D eigenvalue weighted by Gasteiger charge is -2.29. The first-order chi connectivity index (χ1) is 11.5. The molecule has 7 nitrogen and oxygen atoms in total. The smallest absolute Gasteiger partial charge is 0.312 e. The van der Waals surface area contributed by atoms with Gasteiger partial charge in [-0.15, -0.1) is 0 Å². The zero-order valence-corrected chi connectivity index (χ0v) is 13.6. The van der Waals surface area contributed by atoms with Gasteiger partial charge in [-0.25, -0.2) is 4.79 Å². The monoisotopic (exact) mass is 332 g/mol. The third kappa shape index (κ3) is 4.97. The summed E-state index contributed by atoms with van der Waals surface area (Å²) in [4.78, 5) is 36.9. The Balaban J connectivity index is 2.14. The summed E-state index contributed by atoms with van der Waals surface area (Å²) in [5, 5.41) is 2.60. The maximum atomic E-state index is 12.8. The van der Waals surface area contributed by atoms with Crippen LogP contribution in [0, 0.1) is 0 Å². The molecule has 7 heteroatoms. The van der Waals surface area contributed by atoms with E-state index in [1.54, 1.807) is 4.90 Å². The fraction of sp³-hybridized carbons (Fsp3) is 0.471. The molecule has 130 valence electrons. The Morgan fingerprint density at radius 3 is 2.29 bits per heavy atom. The predicted molar refractivity (Wildman–Crippen MR) is 89.7 cm³/mol. The molecule has 2 rings (SSSR count). The first-order valence-corrected chi connectivity index (χ1v) is 8.16. The van der Waals surface area contributed by atoms with Crippen LogP contribution in [0.25, 0.3) is 0 Å². The van der Waals surface area contributed by atoms with Crippen molar-refractivity contribution >= 4 is 17.8 Å². The number of carbonyl (C=O) groups is 3. The highest BCUT2D eigenvalue weighted by Crippen LogP contribution is 2.26. The standard InChI is InChI=1S/C17H24N4O3/c18-15(22)11-21(13-8-4-5-9-13)16(23)10-14(20-17(19)24)12-6-2-1-3-7-12/h1-3,6-7,13-14H,4-5,8-11H2,(H2,18,22)(H3,19,20,24)/t14-/m0/s1. The van der Waals surface area contributed by atoms with Crippen LogP contribution < -0.4 is 16.8 Å². The molecule has 0 unspecified atom stereocenters. The Hall–Kier alpha value is -2.57. The molecule has 1 fully saturated rings. The van der Waals surface area contributed by atoms with E-state index in [0.29, 0.717) is 0 Å². The van der Waals surface area contributed by atoms with Crippen LogP contribution in [0.3, 0.4) is 0 Å². The number of amides is 4. The second-order valence-corrected chi connectivity index (χ2v) is 6.10. The summed E-state index contributed by atoms with van der Waals surface area (Å²) < 4.78 is 0. The van der Waals surface area contributed by atoms with Gasteiger partial charge in [0, 0.05) is 6.04 Å². The highest BCUT2D eigenvalue weighted by molar-refractivity contribution is 5.85. The lowest BCUT2D eigenvalue weighted by atomic mass is 10.0. The van der Waals surface area contributed by atoms with Crippen molar-refractivity contribution in [3.05, 3.63) is 35.9 Å². The quantitative estimate of drug-likeness (QED) is 0.692. The second kappa shape index (κ2) is 8.33. The molecule has 24 heavy (non-hydrogen) atoms. The molecule has 0 aromatic heterocycles. The number of nitrogens with two attached hydrogens (primary N) is 2. The van der Waals surface area contributed by atoms with Gasteiger partial charge in [-0.2, -0.15) is 0 Å². The Morgan fingerprint density at radius 2 is 1.75 bits per heavy atom. The highest BCUT2D eigenvalue weighted by atomic mass is 16.2. The van der Waals surface area contributed by atoms with Gasteiger partial charge in [0.2, 0.25) is 11.8 Å². The molecule has 0 heterocycles. The number of hydrogen-bond acceptors (Lipinski definition) is 3. The third-order valence-electron chi connectivity index (χ3n) is 4.31. The van der Waals surface area contributed by atoms with Crippen LogP contribution in [0.4, 0.5) is 4.79 Å². The summed E-state index contributed by atoms with van der Waals surface area (Å²) in [5.74, 6) is -0.738. The SMILES string of the molecule is NC(=O)CN(C(=O)C[C@H](NC(N)=O)c1ccccc1)C1CCCC1. The Bertz CT molecular complexity index is 585. The minimum Gasteiger partial charge on any atom is -0.368 e. The molecular weight excluding hydrogens is 308 g/mol. The van der Waals surface area contributed by atoms with Crippen LogP contribution in [0.15, 0.2) is 30.3 Å². The Labute approximate surface area is 141 Å².